The first kappa shape index (κ1) is 12.0. The highest BCUT2D eigenvalue weighted by atomic mass is 16.5. The molecule has 0 bridgehead atoms. The quantitative estimate of drug-likeness (QED) is 0.619. The fourth-order valence-corrected chi connectivity index (χ4v) is 1.04. The Morgan fingerprint density at radius 1 is 1.31 bits per heavy atom. The Morgan fingerprint density at radius 2 is 1.92 bits per heavy atom. The highest BCUT2D eigenvalue weighted by molar-refractivity contribution is 5.23. The monoisotopic (exact) mass is 184 g/mol. The third-order valence-electron chi connectivity index (χ3n) is 1.50. The summed E-state index contributed by atoms with van der Waals surface area (Å²) >= 11 is 0. The normalized spacial score (nSPS) is 11.5. The molecule has 1 aromatic rings. The molecule has 0 fully saturated rings. The highest BCUT2D eigenvalue weighted by Crippen LogP contribution is 2.20. The molecule has 0 aliphatic carbocycles. The number of aryl methyl sites for hydroxylation is 1. The fourth-order valence-electron chi connectivity index (χ4n) is 1.04. The van der Waals surface area contributed by atoms with Gasteiger partial charge in [-0.3, -0.25) is 0 Å². The van der Waals surface area contributed by atoms with Crippen molar-refractivity contribution in [2.75, 3.05) is 6.61 Å². The van der Waals surface area contributed by atoms with E-state index in [0.717, 1.165) is 24.6 Å². The number of hydrogen-bond acceptors (Lipinski definition) is 2. The van der Waals surface area contributed by atoms with E-state index in [2.05, 4.69) is 5.10 Å². The summed E-state index contributed by atoms with van der Waals surface area (Å²) in [5.41, 5.74) is 1.13. The van der Waals surface area contributed by atoms with Crippen molar-refractivity contribution < 1.29 is 4.74 Å². The van der Waals surface area contributed by atoms with Crippen LogP contribution < -0.4 is 4.74 Å². The van der Waals surface area contributed by atoms with Gasteiger partial charge < -0.3 is 4.74 Å². The number of fused-ring (bicyclic) bond motifs is 1. The summed E-state index contributed by atoms with van der Waals surface area (Å²) in [5, 5.41) is 4.09. The molecule has 0 saturated heterocycles. The van der Waals surface area contributed by atoms with Gasteiger partial charge in [-0.25, -0.2) is 4.68 Å². The molecule has 1 aliphatic rings. The van der Waals surface area contributed by atoms with E-state index >= 15 is 0 Å². The summed E-state index contributed by atoms with van der Waals surface area (Å²) in [6.45, 7) is 11.7. The Balaban J connectivity index is 0.000000322. The second kappa shape index (κ2) is 6.52. The third kappa shape index (κ3) is 2.76. The molecule has 13 heavy (non-hydrogen) atoms. The summed E-state index contributed by atoms with van der Waals surface area (Å²) in [5.74, 6) is 0.940. The number of rotatable bonds is 0. The maximum atomic E-state index is 5.27. The van der Waals surface area contributed by atoms with Crippen LogP contribution in [-0.2, 0) is 6.54 Å². The minimum absolute atomic E-state index is 0.782. The predicted octanol–water partition coefficient (Wildman–Crippen LogP) is 2.64. The van der Waals surface area contributed by atoms with Crippen LogP contribution in [-0.4, -0.2) is 16.4 Å². The minimum Gasteiger partial charge on any atom is -0.476 e. The molecule has 3 nitrogen and oxygen atoms in total. The van der Waals surface area contributed by atoms with Crippen LogP contribution in [0.25, 0.3) is 0 Å². The second-order valence-electron chi connectivity index (χ2n) is 2.20. The Kier molecular flexibility index (Phi) is 6.02. The van der Waals surface area contributed by atoms with Crippen molar-refractivity contribution in [3.8, 4) is 5.88 Å². The average molecular weight is 184 g/mol. The first-order valence-corrected chi connectivity index (χ1v) is 5.03. The van der Waals surface area contributed by atoms with Crippen LogP contribution >= 0.6 is 0 Å². The number of aromatic nitrogens is 2. The van der Waals surface area contributed by atoms with E-state index in [0.29, 0.717) is 0 Å². The molecule has 3 heteroatoms. The maximum absolute atomic E-state index is 5.27. The van der Waals surface area contributed by atoms with Crippen molar-refractivity contribution in [3.63, 3.8) is 0 Å². The second-order valence-corrected chi connectivity index (χ2v) is 2.20. The van der Waals surface area contributed by atoms with Gasteiger partial charge in [-0.1, -0.05) is 27.7 Å². The van der Waals surface area contributed by atoms with Crippen molar-refractivity contribution >= 4 is 0 Å². The largest absolute Gasteiger partial charge is 0.476 e. The molecular formula is C10H20N2O. The summed E-state index contributed by atoms with van der Waals surface area (Å²) < 4.78 is 7.15. The molecule has 0 saturated carbocycles. The van der Waals surface area contributed by atoms with E-state index in [4.69, 9.17) is 4.74 Å². The zero-order valence-electron chi connectivity index (χ0n) is 9.29. The highest BCUT2D eigenvalue weighted by Gasteiger charge is 2.13. The Labute approximate surface area is 80.7 Å². The lowest BCUT2D eigenvalue weighted by Gasteiger charge is -1.90. The molecule has 1 aliphatic heterocycles. The molecule has 0 amide bonds. The molecular weight excluding hydrogens is 164 g/mol. The first-order chi connectivity index (χ1) is 6.38. The zero-order chi connectivity index (χ0) is 10.3. The van der Waals surface area contributed by atoms with Gasteiger partial charge in [0, 0.05) is 5.56 Å². The van der Waals surface area contributed by atoms with Crippen LogP contribution in [0.4, 0.5) is 0 Å². The van der Waals surface area contributed by atoms with Crippen LogP contribution in [0.1, 0.15) is 33.3 Å². The van der Waals surface area contributed by atoms with Gasteiger partial charge in [0.2, 0.25) is 5.88 Å². The standard InChI is InChI=1S/C6H8N2O.2C2H6/c1-5-4-7-8-2-3-9-6(5)8;2*1-2/h4H,2-3H2,1H3;2*1-2H3. The molecule has 0 aromatic carbocycles. The average Bonchev–Trinajstić information content (AvgIpc) is 2.78. The molecule has 0 N–H and O–H groups in total. The van der Waals surface area contributed by atoms with Crippen LogP contribution in [0.15, 0.2) is 6.20 Å². The lowest BCUT2D eigenvalue weighted by molar-refractivity contribution is 0.354. The molecule has 0 radical (unpaired) electrons. The number of hydrogen-bond donors (Lipinski definition) is 0. The van der Waals surface area contributed by atoms with Gasteiger partial charge in [0.15, 0.2) is 0 Å². The van der Waals surface area contributed by atoms with Crippen LogP contribution in [0.5, 0.6) is 5.88 Å². The van der Waals surface area contributed by atoms with Crippen LogP contribution in [0.3, 0.4) is 0 Å². The Hall–Kier alpha value is -0.990. The first-order valence-electron chi connectivity index (χ1n) is 5.03. The van der Waals surface area contributed by atoms with Gasteiger partial charge in [-0.15, -0.1) is 0 Å². The molecule has 76 valence electrons. The van der Waals surface area contributed by atoms with Crippen LogP contribution in [0.2, 0.25) is 0 Å². The van der Waals surface area contributed by atoms with Crippen molar-refractivity contribution in [1.29, 1.82) is 0 Å². The van der Waals surface area contributed by atoms with Crippen molar-refractivity contribution in [2.24, 2.45) is 0 Å². The molecule has 2 heterocycles. The van der Waals surface area contributed by atoms with Gasteiger partial charge in [0.1, 0.15) is 6.61 Å². The summed E-state index contributed by atoms with van der Waals surface area (Å²) in [6, 6.07) is 0. The molecule has 0 spiro atoms. The number of ether oxygens (including phenoxy) is 1. The molecule has 0 atom stereocenters. The summed E-state index contributed by atoms with van der Waals surface area (Å²) in [6.07, 6.45) is 1.83. The molecule has 2 rings (SSSR count). The van der Waals surface area contributed by atoms with E-state index in [-0.39, 0.29) is 0 Å². The lowest BCUT2D eigenvalue weighted by Crippen LogP contribution is -1.93. The fraction of sp³-hybridized carbons (Fsp3) is 0.700. The topological polar surface area (TPSA) is 27.1 Å². The van der Waals surface area contributed by atoms with E-state index < -0.39 is 0 Å². The Morgan fingerprint density at radius 3 is 2.46 bits per heavy atom. The van der Waals surface area contributed by atoms with E-state index in [1.54, 1.807) is 0 Å². The SMILES string of the molecule is CC.CC.Cc1cnn2c1OCC2. The molecule has 0 unspecified atom stereocenters. The van der Waals surface area contributed by atoms with E-state index in [9.17, 15) is 0 Å². The molecule has 1 aromatic heterocycles. The number of nitrogens with zero attached hydrogens (tertiary/aromatic N) is 2. The predicted molar refractivity (Wildman–Crippen MR) is 55.2 cm³/mol. The maximum Gasteiger partial charge on any atom is 0.214 e. The summed E-state index contributed by atoms with van der Waals surface area (Å²) in [7, 11) is 0. The summed E-state index contributed by atoms with van der Waals surface area (Å²) in [4.78, 5) is 0. The zero-order valence-corrected chi connectivity index (χ0v) is 9.29. The smallest absolute Gasteiger partial charge is 0.214 e. The lowest BCUT2D eigenvalue weighted by atomic mass is 10.4. The van der Waals surface area contributed by atoms with Gasteiger partial charge in [0.05, 0.1) is 12.7 Å². The van der Waals surface area contributed by atoms with Crippen molar-refractivity contribution in [3.05, 3.63) is 11.8 Å². The minimum atomic E-state index is 0.782. The van der Waals surface area contributed by atoms with E-state index in [1.165, 1.54) is 0 Å². The van der Waals surface area contributed by atoms with Crippen molar-refractivity contribution in [1.82, 2.24) is 9.78 Å². The third-order valence-corrected chi connectivity index (χ3v) is 1.50. The van der Waals surface area contributed by atoms with Crippen molar-refractivity contribution in [2.45, 2.75) is 41.2 Å². The van der Waals surface area contributed by atoms with Crippen LogP contribution in [0, 0.1) is 6.92 Å². The Bertz CT molecular complexity index is 231. The van der Waals surface area contributed by atoms with Gasteiger partial charge in [0.25, 0.3) is 0 Å². The van der Waals surface area contributed by atoms with Gasteiger partial charge in [-0.05, 0) is 6.92 Å². The van der Waals surface area contributed by atoms with Gasteiger partial charge in [-0.2, -0.15) is 5.10 Å². The van der Waals surface area contributed by atoms with Gasteiger partial charge >= 0.3 is 0 Å². The van der Waals surface area contributed by atoms with E-state index in [1.807, 2.05) is 45.5 Å².